The Labute approximate surface area is 177 Å². The minimum Gasteiger partial charge on any atom is -0.381 e. The fourth-order valence-electron chi connectivity index (χ4n) is 4.52. The van der Waals surface area contributed by atoms with E-state index >= 15 is 0 Å². The molecule has 0 saturated carbocycles. The van der Waals surface area contributed by atoms with E-state index in [1.165, 1.54) is 0 Å². The lowest BCUT2D eigenvalue weighted by molar-refractivity contribution is -0.124. The zero-order valence-corrected chi connectivity index (χ0v) is 17.5. The molecule has 30 heavy (non-hydrogen) atoms. The van der Waals surface area contributed by atoms with Crippen molar-refractivity contribution in [2.24, 2.45) is 11.3 Å². The normalized spacial score (nSPS) is 20.2. The molecule has 2 aliphatic heterocycles. The van der Waals surface area contributed by atoms with Gasteiger partial charge in [0.25, 0.3) is 5.91 Å². The van der Waals surface area contributed by atoms with E-state index < -0.39 is 0 Å². The zero-order valence-electron chi connectivity index (χ0n) is 17.5. The van der Waals surface area contributed by atoms with E-state index in [1.807, 2.05) is 54.2 Å². The van der Waals surface area contributed by atoms with Gasteiger partial charge in [-0.15, -0.1) is 0 Å². The van der Waals surface area contributed by atoms with Crippen molar-refractivity contribution in [3.63, 3.8) is 0 Å². The third-order valence-electron chi connectivity index (χ3n) is 6.30. The van der Waals surface area contributed by atoms with Crippen LogP contribution in [0, 0.1) is 11.3 Å². The van der Waals surface area contributed by atoms with Gasteiger partial charge in [-0.1, -0.05) is 0 Å². The van der Waals surface area contributed by atoms with Crippen LogP contribution in [-0.4, -0.2) is 62.1 Å². The highest BCUT2D eigenvalue weighted by Gasteiger charge is 2.51. The van der Waals surface area contributed by atoms with Crippen LogP contribution in [-0.2, 0) is 9.53 Å². The van der Waals surface area contributed by atoms with Gasteiger partial charge in [-0.3, -0.25) is 14.6 Å². The molecule has 1 atom stereocenters. The Morgan fingerprint density at radius 3 is 2.53 bits per heavy atom. The van der Waals surface area contributed by atoms with Crippen molar-refractivity contribution < 1.29 is 14.3 Å². The monoisotopic (exact) mass is 408 g/mol. The number of amides is 2. The summed E-state index contributed by atoms with van der Waals surface area (Å²) >= 11 is 0. The van der Waals surface area contributed by atoms with E-state index in [4.69, 9.17) is 4.74 Å². The van der Waals surface area contributed by atoms with Gasteiger partial charge in [-0.25, -0.2) is 0 Å². The molecule has 3 heterocycles. The largest absolute Gasteiger partial charge is 0.381 e. The number of hydrogen-bond donors (Lipinski definition) is 1. The molecule has 1 aromatic carbocycles. The van der Waals surface area contributed by atoms with Crippen LogP contribution in [0.15, 0.2) is 48.8 Å². The summed E-state index contributed by atoms with van der Waals surface area (Å²) in [6, 6.07) is 11.2. The second kappa shape index (κ2) is 8.44. The summed E-state index contributed by atoms with van der Waals surface area (Å²) in [4.78, 5) is 34.3. The molecule has 2 aromatic rings. The number of pyridine rings is 1. The van der Waals surface area contributed by atoms with Crippen molar-refractivity contribution in [3.05, 3.63) is 54.4 Å². The topological polar surface area (TPSA) is 74.8 Å². The zero-order chi connectivity index (χ0) is 21.1. The van der Waals surface area contributed by atoms with E-state index in [0.29, 0.717) is 37.6 Å². The fourth-order valence-corrected chi connectivity index (χ4v) is 4.52. The van der Waals surface area contributed by atoms with Crippen molar-refractivity contribution in [1.29, 1.82) is 0 Å². The van der Waals surface area contributed by atoms with Crippen molar-refractivity contribution in [2.45, 2.75) is 12.8 Å². The first kappa shape index (κ1) is 20.3. The van der Waals surface area contributed by atoms with Crippen LogP contribution in [0.4, 0.5) is 11.4 Å². The highest BCUT2D eigenvalue weighted by atomic mass is 16.5. The molecule has 1 spiro atoms. The van der Waals surface area contributed by atoms with E-state index in [1.54, 1.807) is 18.5 Å². The average molecular weight is 409 g/mol. The lowest BCUT2D eigenvalue weighted by atomic mass is 9.71. The molecule has 158 valence electrons. The number of likely N-dealkylation sites (tertiary alicyclic amines) is 1. The first-order valence-corrected chi connectivity index (χ1v) is 10.3. The average Bonchev–Trinajstić information content (AvgIpc) is 3.13. The number of rotatable bonds is 4. The highest BCUT2D eigenvalue weighted by molar-refractivity contribution is 5.97. The van der Waals surface area contributed by atoms with Crippen LogP contribution < -0.4 is 10.2 Å². The van der Waals surface area contributed by atoms with Gasteiger partial charge in [0.1, 0.15) is 0 Å². The Hall–Kier alpha value is -2.93. The number of hydrogen-bond acceptors (Lipinski definition) is 5. The molecule has 1 N–H and O–H groups in total. The Morgan fingerprint density at radius 2 is 1.90 bits per heavy atom. The van der Waals surface area contributed by atoms with Crippen LogP contribution in [0.5, 0.6) is 0 Å². The van der Waals surface area contributed by atoms with Gasteiger partial charge in [0, 0.05) is 63.3 Å². The predicted octanol–water partition coefficient (Wildman–Crippen LogP) is 2.66. The Kier molecular flexibility index (Phi) is 5.72. The van der Waals surface area contributed by atoms with Crippen LogP contribution in [0.3, 0.4) is 0 Å². The molecule has 0 radical (unpaired) electrons. The minimum atomic E-state index is -0.272. The van der Waals surface area contributed by atoms with Gasteiger partial charge in [0.15, 0.2) is 0 Å². The fraction of sp³-hybridized carbons (Fsp3) is 0.435. The summed E-state index contributed by atoms with van der Waals surface area (Å²) in [5.41, 5.74) is 2.12. The first-order valence-electron chi connectivity index (χ1n) is 10.3. The number of aromatic nitrogens is 1. The smallest absolute Gasteiger partial charge is 0.253 e. The Morgan fingerprint density at radius 1 is 1.17 bits per heavy atom. The summed E-state index contributed by atoms with van der Waals surface area (Å²) in [5, 5.41) is 2.99. The van der Waals surface area contributed by atoms with Crippen molar-refractivity contribution >= 4 is 23.2 Å². The van der Waals surface area contributed by atoms with Crippen molar-refractivity contribution in [2.75, 3.05) is 50.6 Å². The lowest BCUT2D eigenvalue weighted by Gasteiger charge is -2.37. The van der Waals surface area contributed by atoms with Gasteiger partial charge in [-0.05, 0) is 49.2 Å². The van der Waals surface area contributed by atoms with E-state index in [2.05, 4.69) is 10.3 Å². The molecule has 2 saturated heterocycles. The first-order chi connectivity index (χ1) is 14.5. The van der Waals surface area contributed by atoms with Crippen LogP contribution >= 0.6 is 0 Å². The van der Waals surface area contributed by atoms with Gasteiger partial charge in [0.05, 0.1) is 17.8 Å². The van der Waals surface area contributed by atoms with Crippen LogP contribution in [0.2, 0.25) is 0 Å². The molecular formula is C23H28N4O3. The molecule has 4 rings (SSSR count). The van der Waals surface area contributed by atoms with Gasteiger partial charge < -0.3 is 19.9 Å². The standard InChI is InChI=1S/C23H28N4O3/c1-26(2)19-7-5-17(6-8-19)22(29)27-15-20(23(16-27)9-12-30-13-10-23)21(28)25-18-4-3-11-24-14-18/h3-8,11,14,20H,9-10,12-13,15-16H2,1-2H3,(H,25,28). The third kappa shape index (κ3) is 4.03. The molecule has 2 aliphatic rings. The maximum absolute atomic E-state index is 13.2. The second-order valence-electron chi connectivity index (χ2n) is 8.39. The summed E-state index contributed by atoms with van der Waals surface area (Å²) in [7, 11) is 3.94. The number of carbonyl (C=O) groups excluding carboxylic acids is 2. The van der Waals surface area contributed by atoms with Gasteiger partial charge >= 0.3 is 0 Å². The van der Waals surface area contributed by atoms with Crippen LogP contribution in [0.1, 0.15) is 23.2 Å². The predicted molar refractivity (Wildman–Crippen MR) is 116 cm³/mol. The molecule has 0 bridgehead atoms. The quantitative estimate of drug-likeness (QED) is 0.842. The highest BCUT2D eigenvalue weighted by Crippen LogP contribution is 2.45. The molecule has 1 aromatic heterocycles. The number of ether oxygens (including phenoxy) is 1. The molecule has 2 fully saturated rings. The number of nitrogens with one attached hydrogen (secondary N) is 1. The summed E-state index contributed by atoms with van der Waals surface area (Å²) in [6.45, 7) is 2.24. The maximum atomic E-state index is 13.2. The van der Waals surface area contributed by atoms with Crippen LogP contribution in [0.25, 0.3) is 0 Å². The van der Waals surface area contributed by atoms with Crippen molar-refractivity contribution in [1.82, 2.24) is 9.88 Å². The van der Waals surface area contributed by atoms with Crippen molar-refractivity contribution in [3.8, 4) is 0 Å². The minimum absolute atomic E-state index is 0.0251. The number of anilines is 2. The number of carbonyl (C=O) groups is 2. The summed E-state index contributed by atoms with van der Waals surface area (Å²) < 4.78 is 5.57. The number of nitrogens with zero attached hydrogens (tertiary/aromatic N) is 3. The molecular weight excluding hydrogens is 380 g/mol. The summed E-state index contributed by atoms with van der Waals surface area (Å²) in [6.07, 6.45) is 4.87. The molecule has 1 unspecified atom stereocenters. The molecule has 2 amide bonds. The number of benzene rings is 1. The second-order valence-corrected chi connectivity index (χ2v) is 8.39. The lowest BCUT2D eigenvalue weighted by Crippen LogP contribution is -2.42. The van der Waals surface area contributed by atoms with E-state index in [0.717, 1.165) is 18.5 Å². The molecule has 7 nitrogen and oxygen atoms in total. The Bertz CT molecular complexity index is 892. The van der Waals surface area contributed by atoms with E-state index in [9.17, 15) is 9.59 Å². The molecule has 7 heteroatoms. The third-order valence-corrected chi connectivity index (χ3v) is 6.30. The van der Waals surface area contributed by atoms with Gasteiger partial charge in [-0.2, -0.15) is 0 Å². The summed E-state index contributed by atoms with van der Waals surface area (Å²) in [5.74, 6) is -0.349. The Balaban J connectivity index is 1.54. The SMILES string of the molecule is CN(C)c1ccc(C(=O)N2CC(C(=O)Nc3cccnc3)C3(CCOCC3)C2)cc1. The van der Waals surface area contributed by atoms with Gasteiger partial charge in [0.2, 0.25) is 5.91 Å². The van der Waals surface area contributed by atoms with E-state index in [-0.39, 0.29) is 23.1 Å². The maximum Gasteiger partial charge on any atom is 0.253 e. The molecule has 0 aliphatic carbocycles.